The van der Waals surface area contributed by atoms with Gasteiger partial charge in [0.1, 0.15) is 0 Å². The van der Waals surface area contributed by atoms with Crippen LogP contribution < -0.4 is 10.6 Å². The number of benzene rings is 3. The minimum Gasteiger partial charge on any atom is -0.370 e. The molecule has 0 bridgehead atoms. The molecule has 0 saturated carbocycles. The Bertz CT molecular complexity index is 1590. The van der Waals surface area contributed by atoms with Crippen molar-refractivity contribution in [1.82, 2.24) is 9.78 Å². The van der Waals surface area contributed by atoms with Crippen molar-refractivity contribution in [1.29, 1.82) is 0 Å². The number of thiophene rings is 1. The maximum Gasteiger partial charge on any atom is 0.177 e. The van der Waals surface area contributed by atoms with Crippen LogP contribution in [0.15, 0.2) is 90.4 Å². The molecule has 38 heavy (non-hydrogen) atoms. The third-order valence-electron chi connectivity index (χ3n) is 7.12. The lowest BCUT2D eigenvalue weighted by Gasteiger charge is -2.18. The standard InChI is InChI=1S/C31H28N4O2S/c32-25-13-14-34(20-25)26-10-6-23(7-11-26)29(36)18-22-5-12-28-24(16-22)19-33-35(28)27-8-3-21(4-9-27)17-30(37)31-2-1-15-38-31/h1-12,15-16,19,25H,13-14,17-18,20,32H2. The van der Waals surface area contributed by atoms with Crippen LogP contribution in [0, 0.1) is 0 Å². The number of rotatable bonds is 8. The third-order valence-corrected chi connectivity index (χ3v) is 8.03. The van der Waals surface area contributed by atoms with Crippen LogP contribution in [0.4, 0.5) is 5.69 Å². The first-order valence-corrected chi connectivity index (χ1v) is 13.7. The number of ketones is 2. The van der Waals surface area contributed by atoms with E-state index in [1.54, 1.807) is 0 Å². The topological polar surface area (TPSA) is 81.2 Å². The molecule has 1 aliphatic heterocycles. The molecule has 3 heterocycles. The summed E-state index contributed by atoms with van der Waals surface area (Å²) in [6.45, 7) is 1.82. The second kappa shape index (κ2) is 10.4. The Morgan fingerprint density at radius 3 is 2.34 bits per heavy atom. The molecule has 0 amide bonds. The second-order valence-corrected chi connectivity index (χ2v) is 10.8. The SMILES string of the molecule is NC1CCN(c2ccc(C(=O)Cc3ccc4c(cnn4-c4ccc(CC(=O)c5cccs5)cc4)c3)cc2)C1. The van der Waals surface area contributed by atoms with E-state index in [4.69, 9.17) is 5.73 Å². The number of nitrogens with zero attached hydrogens (tertiary/aromatic N) is 3. The summed E-state index contributed by atoms with van der Waals surface area (Å²) in [4.78, 5) is 28.4. The van der Waals surface area contributed by atoms with Gasteiger partial charge in [0, 0.05) is 48.6 Å². The predicted octanol–water partition coefficient (Wildman–Crippen LogP) is 5.48. The molecule has 6 nitrogen and oxygen atoms in total. The smallest absolute Gasteiger partial charge is 0.177 e. The van der Waals surface area contributed by atoms with E-state index in [1.807, 2.05) is 95.1 Å². The summed E-state index contributed by atoms with van der Waals surface area (Å²) in [5.41, 5.74) is 11.7. The largest absolute Gasteiger partial charge is 0.370 e. The Hall–Kier alpha value is -4.07. The van der Waals surface area contributed by atoms with Crippen LogP contribution >= 0.6 is 11.3 Å². The number of carbonyl (C=O) groups excluding carboxylic acids is 2. The van der Waals surface area contributed by atoms with Crippen LogP contribution in [0.5, 0.6) is 0 Å². The molecule has 2 aromatic heterocycles. The summed E-state index contributed by atoms with van der Waals surface area (Å²) in [6, 6.07) is 25.8. The zero-order chi connectivity index (χ0) is 26.1. The van der Waals surface area contributed by atoms with E-state index in [0.717, 1.165) is 57.8 Å². The molecule has 7 heteroatoms. The van der Waals surface area contributed by atoms with Crippen molar-refractivity contribution in [3.8, 4) is 5.69 Å². The average Bonchev–Trinajstić information content (AvgIpc) is 3.70. The molecule has 0 aliphatic carbocycles. The molecule has 1 unspecified atom stereocenters. The van der Waals surface area contributed by atoms with Gasteiger partial charge in [-0.1, -0.05) is 24.3 Å². The highest BCUT2D eigenvalue weighted by molar-refractivity contribution is 7.12. The van der Waals surface area contributed by atoms with Crippen LogP contribution in [-0.2, 0) is 12.8 Å². The van der Waals surface area contributed by atoms with Gasteiger partial charge in [-0.05, 0) is 77.5 Å². The first-order chi connectivity index (χ1) is 18.5. The second-order valence-electron chi connectivity index (χ2n) is 9.83. The Balaban J connectivity index is 1.13. The summed E-state index contributed by atoms with van der Waals surface area (Å²) >= 11 is 1.47. The lowest BCUT2D eigenvalue weighted by molar-refractivity contribution is 0.0986. The Morgan fingerprint density at radius 2 is 1.63 bits per heavy atom. The number of hydrogen-bond donors (Lipinski definition) is 1. The van der Waals surface area contributed by atoms with E-state index in [9.17, 15) is 9.59 Å². The van der Waals surface area contributed by atoms with E-state index >= 15 is 0 Å². The van der Waals surface area contributed by atoms with Crippen LogP contribution in [0.25, 0.3) is 16.6 Å². The Kier molecular flexibility index (Phi) is 6.62. The lowest BCUT2D eigenvalue weighted by Crippen LogP contribution is -2.26. The molecule has 190 valence electrons. The van der Waals surface area contributed by atoms with Gasteiger partial charge in [-0.3, -0.25) is 9.59 Å². The molecule has 5 aromatic rings. The van der Waals surface area contributed by atoms with Crippen LogP contribution in [0.3, 0.4) is 0 Å². The van der Waals surface area contributed by atoms with Crippen LogP contribution in [0.1, 0.15) is 37.6 Å². The number of nitrogens with two attached hydrogens (primary N) is 1. The fraction of sp³-hybridized carbons (Fsp3) is 0.194. The molecular weight excluding hydrogens is 492 g/mol. The van der Waals surface area contributed by atoms with Gasteiger partial charge < -0.3 is 10.6 Å². The number of anilines is 1. The van der Waals surface area contributed by atoms with Crippen molar-refractivity contribution in [3.63, 3.8) is 0 Å². The number of hydrogen-bond acceptors (Lipinski definition) is 6. The number of aromatic nitrogens is 2. The normalized spacial score (nSPS) is 15.3. The molecule has 6 rings (SSSR count). The fourth-order valence-corrected chi connectivity index (χ4v) is 5.69. The quantitative estimate of drug-likeness (QED) is 0.274. The van der Waals surface area contributed by atoms with Crippen LogP contribution in [0.2, 0.25) is 0 Å². The molecule has 2 N–H and O–H groups in total. The van der Waals surface area contributed by atoms with Crippen molar-refractivity contribution < 1.29 is 9.59 Å². The first kappa shape index (κ1) is 24.3. The summed E-state index contributed by atoms with van der Waals surface area (Å²) in [6.07, 6.45) is 3.55. The predicted molar refractivity (Wildman–Crippen MR) is 153 cm³/mol. The highest BCUT2D eigenvalue weighted by Crippen LogP contribution is 2.23. The summed E-state index contributed by atoms with van der Waals surface area (Å²) in [7, 11) is 0. The first-order valence-electron chi connectivity index (χ1n) is 12.8. The molecule has 1 fully saturated rings. The van der Waals surface area contributed by atoms with Crippen molar-refractivity contribution in [3.05, 3.63) is 112 Å². The van der Waals surface area contributed by atoms with Gasteiger partial charge in [0.15, 0.2) is 11.6 Å². The molecule has 1 aliphatic rings. The van der Waals surface area contributed by atoms with Gasteiger partial charge in [-0.2, -0.15) is 5.10 Å². The minimum atomic E-state index is 0.0918. The fourth-order valence-electron chi connectivity index (χ4n) is 5.03. The summed E-state index contributed by atoms with van der Waals surface area (Å²) in [5.74, 6) is 0.223. The Morgan fingerprint density at radius 1 is 0.895 bits per heavy atom. The maximum absolute atomic E-state index is 13.0. The van der Waals surface area contributed by atoms with E-state index in [1.165, 1.54) is 11.3 Å². The Labute approximate surface area is 225 Å². The van der Waals surface area contributed by atoms with Crippen molar-refractivity contribution in [2.24, 2.45) is 5.73 Å². The highest BCUT2D eigenvalue weighted by Gasteiger charge is 2.19. The number of carbonyl (C=O) groups is 2. The lowest BCUT2D eigenvalue weighted by atomic mass is 10.0. The van der Waals surface area contributed by atoms with E-state index in [0.29, 0.717) is 18.4 Å². The van der Waals surface area contributed by atoms with Crippen molar-refractivity contribution in [2.75, 3.05) is 18.0 Å². The number of fused-ring (bicyclic) bond motifs is 1. The minimum absolute atomic E-state index is 0.0918. The monoisotopic (exact) mass is 520 g/mol. The zero-order valence-electron chi connectivity index (χ0n) is 20.9. The molecule has 3 aromatic carbocycles. The molecule has 1 saturated heterocycles. The van der Waals surface area contributed by atoms with Gasteiger partial charge in [0.2, 0.25) is 0 Å². The average molecular weight is 521 g/mol. The summed E-state index contributed by atoms with van der Waals surface area (Å²) < 4.78 is 1.88. The van der Waals surface area contributed by atoms with Crippen molar-refractivity contribution in [2.45, 2.75) is 25.3 Å². The van der Waals surface area contributed by atoms with E-state index in [2.05, 4.69) is 10.00 Å². The van der Waals surface area contributed by atoms with Crippen LogP contribution in [-0.4, -0.2) is 40.5 Å². The van der Waals surface area contributed by atoms with E-state index < -0.39 is 0 Å². The molecule has 1 atom stereocenters. The molecule has 0 radical (unpaired) electrons. The summed E-state index contributed by atoms with van der Waals surface area (Å²) in [5, 5.41) is 7.48. The van der Waals surface area contributed by atoms with Crippen molar-refractivity contribution >= 4 is 39.5 Å². The van der Waals surface area contributed by atoms with Gasteiger partial charge in [-0.15, -0.1) is 11.3 Å². The highest BCUT2D eigenvalue weighted by atomic mass is 32.1. The molecule has 0 spiro atoms. The van der Waals surface area contributed by atoms with E-state index in [-0.39, 0.29) is 17.6 Å². The van der Waals surface area contributed by atoms with Gasteiger partial charge in [-0.25, -0.2) is 4.68 Å². The third kappa shape index (κ3) is 5.03. The van der Waals surface area contributed by atoms with Gasteiger partial charge in [0.25, 0.3) is 0 Å². The molecular formula is C31H28N4O2S. The zero-order valence-corrected chi connectivity index (χ0v) is 21.7. The maximum atomic E-state index is 13.0. The number of Topliss-reactive ketones (excluding diaryl/α,β-unsaturated/α-hetero) is 2. The van der Waals surface area contributed by atoms with Gasteiger partial charge >= 0.3 is 0 Å². The van der Waals surface area contributed by atoms with Gasteiger partial charge in [0.05, 0.1) is 22.3 Å².